The Bertz CT molecular complexity index is 2630. The van der Waals surface area contributed by atoms with Gasteiger partial charge in [-0.25, -0.2) is 0 Å². The number of para-hydroxylation sites is 3. The molecule has 0 unspecified atom stereocenters. The Morgan fingerprint density at radius 3 is 2.07 bits per heavy atom. The predicted octanol–water partition coefficient (Wildman–Crippen LogP) is 9.48. The predicted molar refractivity (Wildman–Crippen MR) is 195 cm³/mol. The van der Waals surface area contributed by atoms with Crippen LogP contribution < -0.4 is 15.7 Å². The zero-order valence-corrected chi connectivity index (χ0v) is 25.8. The maximum absolute atomic E-state index is 2.62. The molecule has 2 nitrogen and oxygen atoms in total. The molecule has 0 fully saturated rings. The quantitative estimate of drug-likeness (QED) is 0.175. The number of aromatic nitrogens is 1. The molecule has 46 heavy (non-hydrogen) atoms. The third-order valence-corrected chi connectivity index (χ3v) is 11.1. The highest BCUT2D eigenvalue weighted by Crippen LogP contribution is 2.52. The summed E-state index contributed by atoms with van der Waals surface area (Å²) in [6.45, 7) is 4.80. The van der Waals surface area contributed by atoms with Gasteiger partial charge in [-0.05, 0) is 79.8 Å². The van der Waals surface area contributed by atoms with Gasteiger partial charge in [0.2, 0.25) is 0 Å². The molecule has 0 bridgehead atoms. The van der Waals surface area contributed by atoms with Crippen LogP contribution in [0.4, 0.5) is 11.4 Å². The topological polar surface area (TPSA) is 8.17 Å². The van der Waals surface area contributed by atoms with Crippen molar-refractivity contribution in [2.24, 2.45) is 0 Å². The number of rotatable bonds is 1. The van der Waals surface area contributed by atoms with Crippen molar-refractivity contribution in [2.45, 2.75) is 19.3 Å². The van der Waals surface area contributed by atoms with Crippen LogP contribution in [0.2, 0.25) is 0 Å². The maximum atomic E-state index is 2.62. The van der Waals surface area contributed by atoms with E-state index in [1.54, 1.807) is 0 Å². The third-order valence-electron chi connectivity index (χ3n) is 11.1. The van der Waals surface area contributed by atoms with Gasteiger partial charge in [0.05, 0.1) is 11.0 Å². The average molecular weight is 585 g/mol. The van der Waals surface area contributed by atoms with Crippen LogP contribution in [0.3, 0.4) is 0 Å². The van der Waals surface area contributed by atoms with Crippen LogP contribution in [0.25, 0.3) is 60.5 Å². The zero-order valence-electron chi connectivity index (χ0n) is 25.8. The standard InChI is InChI=1S/C43H29BN2/c1-43(2)33-21-11-8-16-27(33)32-24-38-35(25-34(32)43)44-41-39(31-20-10-13-23-37(31)46(44)26-14-4-3-5-15-26)28-17-6-7-18-29(28)40-30-19-9-12-22-36(30)45(38)42(40)41/h3-25H,1-2H3. The van der Waals surface area contributed by atoms with E-state index in [9.17, 15) is 0 Å². The van der Waals surface area contributed by atoms with Crippen molar-refractivity contribution in [3.63, 3.8) is 0 Å². The van der Waals surface area contributed by atoms with Gasteiger partial charge in [0.1, 0.15) is 0 Å². The van der Waals surface area contributed by atoms with E-state index >= 15 is 0 Å². The molecule has 0 atom stereocenters. The van der Waals surface area contributed by atoms with Gasteiger partial charge in [-0.15, -0.1) is 0 Å². The summed E-state index contributed by atoms with van der Waals surface area (Å²) in [5.74, 6) is 0. The first-order valence-electron chi connectivity index (χ1n) is 16.3. The molecule has 3 aliphatic rings. The first kappa shape index (κ1) is 24.7. The lowest BCUT2D eigenvalue weighted by Crippen LogP contribution is -2.60. The molecule has 11 rings (SSSR count). The van der Waals surface area contributed by atoms with Gasteiger partial charge < -0.3 is 9.38 Å². The molecule has 214 valence electrons. The second-order valence-electron chi connectivity index (χ2n) is 13.7. The summed E-state index contributed by atoms with van der Waals surface area (Å²) in [6.07, 6.45) is 0. The fourth-order valence-electron chi connectivity index (χ4n) is 9.26. The van der Waals surface area contributed by atoms with E-state index in [0.717, 1.165) is 0 Å². The van der Waals surface area contributed by atoms with Crippen LogP contribution in [-0.4, -0.2) is 11.4 Å². The van der Waals surface area contributed by atoms with Crippen LogP contribution in [-0.2, 0) is 5.41 Å². The Balaban J connectivity index is 1.40. The normalized spacial score (nSPS) is 14.8. The van der Waals surface area contributed by atoms with Crippen LogP contribution in [0.1, 0.15) is 25.0 Å². The molecule has 3 heteroatoms. The minimum atomic E-state index is -0.0916. The molecule has 0 saturated heterocycles. The number of nitrogens with zero attached hydrogens (tertiary/aromatic N) is 2. The number of anilines is 2. The summed E-state index contributed by atoms with van der Waals surface area (Å²) in [5, 5.41) is 5.32. The van der Waals surface area contributed by atoms with Gasteiger partial charge in [-0.1, -0.05) is 123 Å². The van der Waals surface area contributed by atoms with Crippen molar-refractivity contribution in [3.8, 4) is 27.9 Å². The Kier molecular flexibility index (Phi) is 4.51. The molecule has 0 saturated carbocycles. The van der Waals surface area contributed by atoms with Gasteiger partial charge in [-0.2, -0.15) is 0 Å². The summed E-state index contributed by atoms with van der Waals surface area (Å²) in [6, 6.07) is 52.3. The monoisotopic (exact) mass is 584 g/mol. The number of fused-ring (bicyclic) bond motifs is 14. The van der Waals surface area contributed by atoms with E-state index in [1.807, 2.05) is 0 Å². The number of benzene rings is 7. The molecule has 0 spiro atoms. The molecule has 7 aromatic carbocycles. The molecule has 0 radical (unpaired) electrons. The first-order chi connectivity index (χ1) is 22.6. The van der Waals surface area contributed by atoms with E-state index in [0.29, 0.717) is 0 Å². The molecule has 1 aliphatic carbocycles. The fourth-order valence-corrected chi connectivity index (χ4v) is 9.26. The Hall–Kier alpha value is -5.54. The summed E-state index contributed by atoms with van der Waals surface area (Å²) >= 11 is 0. The number of hydrogen-bond donors (Lipinski definition) is 0. The second kappa shape index (κ2) is 8.38. The van der Waals surface area contributed by atoms with Crippen LogP contribution >= 0.6 is 0 Å². The van der Waals surface area contributed by atoms with Crippen molar-refractivity contribution < 1.29 is 0 Å². The largest absolute Gasteiger partial charge is 0.376 e. The van der Waals surface area contributed by atoms with Crippen LogP contribution in [0, 0.1) is 0 Å². The van der Waals surface area contributed by atoms with Crippen molar-refractivity contribution in [2.75, 3.05) is 4.81 Å². The van der Waals surface area contributed by atoms with Crippen LogP contribution in [0.5, 0.6) is 0 Å². The van der Waals surface area contributed by atoms with Crippen LogP contribution in [0.15, 0.2) is 140 Å². The summed E-state index contributed by atoms with van der Waals surface area (Å²) in [5.41, 5.74) is 17.3. The Labute approximate surface area is 268 Å². The third kappa shape index (κ3) is 2.82. The highest BCUT2D eigenvalue weighted by Gasteiger charge is 2.46. The van der Waals surface area contributed by atoms with E-state index in [1.165, 1.54) is 93.9 Å². The van der Waals surface area contributed by atoms with E-state index in [-0.39, 0.29) is 12.3 Å². The second-order valence-corrected chi connectivity index (χ2v) is 13.7. The SMILES string of the molecule is CC1(C)c2ccccc2-c2cc3c(cc21)B1c2c(c4ccccc4c4c5ccccc5n-3c24)-c2ccccc2N1c1ccccc1. The summed E-state index contributed by atoms with van der Waals surface area (Å²) < 4.78 is 2.60. The van der Waals surface area contributed by atoms with Crippen molar-refractivity contribution >= 4 is 61.7 Å². The average Bonchev–Trinajstić information content (AvgIpc) is 3.57. The van der Waals surface area contributed by atoms with E-state index < -0.39 is 0 Å². The molecule has 1 aromatic heterocycles. The van der Waals surface area contributed by atoms with E-state index in [2.05, 4.69) is 163 Å². The summed E-state index contributed by atoms with van der Waals surface area (Å²) in [7, 11) is 0. The molecule has 0 N–H and O–H groups in total. The van der Waals surface area contributed by atoms with E-state index in [4.69, 9.17) is 0 Å². The van der Waals surface area contributed by atoms with Crippen molar-refractivity contribution in [3.05, 3.63) is 151 Å². The number of hydrogen-bond acceptors (Lipinski definition) is 1. The maximum Gasteiger partial charge on any atom is 0.333 e. The van der Waals surface area contributed by atoms with Crippen molar-refractivity contribution in [1.82, 2.24) is 4.57 Å². The Morgan fingerprint density at radius 1 is 0.543 bits per heavy atom. The highest BCUT2D eigenvalue weighted by atomic mass is 15.1. The minimum absolute atomic E-state index is 0.0102. The van der Waals surface area contributed by atoms with Gasteiger partial charge in [0.25, 0.3) is 0 Å². The van der Waals surface area contributed by atoms with Gasteiger partial charge in [0.15, 0.2) is 0 Å². The molecule has 0 amide bonds. The lowest BCUT2D eigenvalue weighted by Gasteiger charge is -2.42. The lowest BCUT2D eigenvalue weighted by molar-refractivity contribution is 0.661. The zero-order chi connectivity index (χ0) is 30.3. The smallest absolute Gasteiger partial charge is 0.333 e. The van der Waals surface area contributed by atoms with Gasteiger partial charge in [0, 0.05) is 38.8 Å². The molecular formula is C43H29BN2. The minimum Gasteiger partial charge on any atom is -0.376 e. The molecular weight excluding hydrogens is 555 g/mol. The lowest BCUT2D eigenvalue weighted by atomic mass is 9.43. The molecule has 2 aliphatic heterocycles. The first-order valence-corrected chi connectivity index (χ1v) is 16.3. The van der Waals surface area contributed by atoms with Gasteiger partial charge >= 0.3 is 6.85 Å². The highest BCUT2D eigenvalue weighted by molar-refractivity contribution is 6.94. The van der Waals surface area contributed by atoms with Crippen molar-refractivity contribution in [1.29, 1.82) is 0 Å². The molecule has 3 heterocycles. The summed E-state index contributed by atoms with van der Waals surface area (Å²) in [4.78, 5) is 2.62. The Morgan fingerprint density at radius 2 is 1.22 bits per heavy atom. The molecule has 8 aromatic rings. The van der Waals surface area contributed by atoms with Gasteiger partial charge in [-0.3, -0.25) is 0 Å². The fraction of sp³-hybridized carbons (Fsp3) is 0.0698.